The Hall–Kier alpha value is -1.47. The van der Waals surface area contributed by atoms with Crippen LogP contribution in [0.1, 0.15) is 75.1 Å². The van der Waals surface area contributed by atoms with E-state index in [4.69, 9.17) is 9.15 Å². The maximum atomic E-state index is 12.6. The van der Waals surface area contributed by atoms with Gasteiger partial charge in [0.1, 0.15) is 0 Å². The smallest absolute Gasteiger partial charge is 0.233 e. The molecule has 5 rings (SSSR count). The molecule has 1 unspecified atom stereocenters. The van der Waals surface area contributed by atoms with Crippen LogP contribution < -0.4 is 0 Å². The molecular weight excluding hydrogens is 356 g/mol. The van der Waals surface area contributed by atoms with Gasteiger partial charge >= 0.3 is 0 Å². The van der Waals surface area contributed by atoms with Crippen molar-refractivity contribution in [2.45, 2.75) is 63.3 Å². The lowest BCUT2D eigenvalue weighted by atomic mass is 9.77. The molecule has 1 amide bonds. The first-order valence-corrected chi connectivity index (χ1v) is 11.0. The van der Waals surface area contributed by atoms with Crippen molar-refractivity contribution in [1.82, 2.24) is 20.0 Å². The minimum atomic E-state index is 0.174. The van der Waals surface area contributed by atoms with Crippen LogP contribution >= 0.6 is 0 Å². The van der Waals surface area contributed by atoms with Gasteiger partial charge in [0.2, 0.25) is 17.7 Å². The number of carbonyl (C=O) groups is 1. The second kappa shape index (κ2) is 7.41. The second-order valence-electron chi connectivity index (χ2n) is 9.60. The fraction of sp³-hybridized carbons (Fsp3) is 0.857. The molecule has 4 aliphatic rings. The van der Waals surface area contributed by atoms with Crippen LogP contribution in [0.3, 0.4) is 0 Å². The summed E-state index contributed by atoms with van der Waals surface area (Å²) < 4.78 is 11.5. The molecule has 7 heteroatoms. The van der Waals surface area contributed by atoms with Gasteiger partial charge in [-0.1, -0.05) is 12.8 Å². The topological polar surface area (TPSA) is 71.7 Å². The molecule has 0 bridgehead atoms. The number of rotatable bonds is 4. The number of likely N-dealkylation sites (tertiary alicyclic amines) is 2. The van der Waals surface area contributed by atoms with E-state index in [-0.39, 0.29) is 11.5 Å². The van der Waals surface area contributed by atoms with Crippen molar-refractivity contribution in [2.24, 2.45) is 11.3 Å². The summed E-state index contributed by atoms with van der Waals surface area (Å²) in [6.07, 6.45) is 8.76. The van der Waals surface area contributed by atoms with E-state index in [1.807, 2.05) is 0 Å². The summed E-state index contributed by atoms with van der Waals surface area (Å²) in [5.41, 5.74) is 0.206. The Kier molecular flexibility index (Phi) is 4.91. The molecule has 0 aromatic carbocycles. The van der Waals surface area contributed by atoms with Crippen LogP contribution in [-0.2, 0) is 9.53 Å². The quantitative estimate of drug-likeness (QED) is 0.790. The molecule has 1 aliphatic carbocycles. The van der Waals surface area contributed by atoms with Crippen LogP contribution in [-0.4, -0.2) is 65.8 Å². The van der Waals surface area contributed by atoms with Gasteiger partial charge in [-0.2, -0.15) is 0 Å². The van der Waals surface area contributed by atoms with E-state index in [2.05, 4.69) is 27.0 Å². The van der Waals surface area contributed by atoms with Crippen LogP contribution in [0.5, 0.6) is 0 Å². The highest BCUT2D eigenvalue weighted by Crippen LogP contribution is 2.48. The standard InChI is InChI=1S/C21H32N4O3/c1-24-12-21(13-25(14-21)18(26)10-15-4-2-3-5-15)11-17(24)20-23-22-19(28-20)16-6-8-27-9-7-16/h15-17H,2-14H2,1H3. The fourth-order valence-corrected chi connectivity index (χ4v) is 5.80. The van der Waals surface area contributed by atoms with E-state index in [1.165, 1.54) is 25.7 Å². The largest absolute Gasteiger partial charge is 0.423 e. The number of ether oxygens (including phenoxy) is 1. The molecule has 1 aromatic rings. The summed E-state index contributed by atoms with van der Waals surface area (Å²) in [6, 6.07) is 0.174. The number of aromatic nitrogens is 2. The maximum absolute atomic E-state index is 12.6. The van der Waals surface area contributed by atoms with Gasteiger partial charge in [0.25, 0.3) is 0 Å². The molecule has 4 heterocycles. The van der Waals surface area contributed by atoms with Crippen molar-refractivity contribution in [3.63, 3.8) is 0 Å². The first-order chi connectivity index (χ1) is 13.6. The Balaban J connectivity index is 1.18. The number of hydrogen-bond acceptors (Lipinski definition) is 6. The van der Waals surface area contributed by atoms with E-state index >= 15 is 0 Å². The number of carbonyl (C=O) groups excluding carboxylic acids is 1. The summed E-state index contributed by atoms with van der Waals surface area (Å²) in [5.74, 6) is 2.85. The van der Waals surface area contributed by atoms with Gasteiger partial charge in [-0.25, -0.2) is 0 Å². The molecular formula is C21H32N4O3. The zero-order valence-corrected chi connectivity index (χ0v) is 16.9. The average molecular weight is 389 g/mol. The van der Waals surface area contributed by atoms with Crippen LogP contribution in [0.2, 0.25) is 0 Å². The van der Waals surface area contributed by atoms with Gasteiger partial charge in [-0.15, -0.1) is 10.2 Å². The monoisotopic (exact) mass is 388 g/mol. The fourth-order valence-electron chi connectivity index (χ4n) is 5.80. The van der Waals surface area contributed by atoms with E-state index in [0.29, 0.717) is 17.7 Å². The average Bonchev–Trinajstić information content (AvgIpc) is 3.40. The van der Waals surface area contributed by atoms with Gasteiger partial charge < -0.3 is 14.1 Å². The van der Waals surface area contributed by atoms with Crippen molar-refractivity contribution < 1.29 is 13.9 Å². The third-order valence-electron chi connectivity index (χ3n) is 7.40. The molecule has 0 radical (unpaired) electrons. The first-order valence-electron chi connectivity index (χ1n) is 11.0. The summed E-state index contributed by atoms with van der Waals surface area (Å²) >= 11 is 0. The number of hydrogen-bond donors (Lipinski definition) is 0. The Morgan fingerprint density at radius 3 is 2.54 bits per heavy atom. The van der Waals surface area contributed by atoms with Gasteiger partial charge in [0.15, 0.2) is 0 Å². The highest BCUT2D eigenvalue weighted by Gasteiger charge is 2.53. The lowest BCUT2D eigenvalue weighted by Gasteiger charge is -2.48. The highest BCUT2D eigenvalue weighted by atomic mass is 16.5. The molecule has 3 aliphatic heterocycles. The van der Waals surface area contributed by atoms with E-state index in [9.17, 15) is 4.79 Å². The first kappa shape index (κ1) is 18.6. The molecule has 1 aromatic heterocycles. The van der Waals surface area contributed by atoms with Gasteiger partial charge in [0, 0.05) is 50.6 Å². The molecule has 4 fully saturated rings. The Morgan fingerprint density at radius 2 is 1.79 bits per heavy atom. The van der Waals surface area contributed by atoms with E-state index < -0.39 is 0 Å². The molecule has 154 valence electrons. The summed E-state index contributed by atoms with van der Waals surface area (Å²) in [4.78, 5) is 17.0. The summed E-state index contributed by atoms with van der Waals surface area (Å²) in [7, 11) is 2.14. The molecule has 3 saturated heterocycles. The molecule has 1 saturated carbocycles. The predicted molar refractivity (Wildman–Crippen MR) is 103 cm³/mol. The van der Waals surface area contributed by atoms with E-state index in [1.54, 1.807) is 0 Å². The van der Waals surface area contributed by atoms with Crippen LogP contribution in [0.25, 0.3) is 0 Å². The van der Waals surface area contributed by atoms with E-state index in [0.717, 1.165) is 70.3 Å². The van der Waals surface area contributed by atoms with Gasteiger partial charge in [-0.3, -0.25) is 9.69 Å². The van der Waals surface area contributed by atoms with Crippen molar-refractivity contribution in [3.8, 4) is 0 Å². The lowest BCUT2D eigenvalue weighted by molar-refractivity contribution is -0.143. The third-order valence-corrected chi connectivity index (χ3v) is 7.40. The Labute approximate surface area is 166 Å². The third kappa shape index (κ3) is 3.47. The normalized spacial score (nSPS) is 28.9. The van der Waals surface area contributed by atoms with Crippen LogP contribution in [0, 0.1) is 11.3 Å². The molecule has 1 spiro atoms. The molecule has 1 atom stereocenters. The molecule has 7 nitrogen and oxygen atoms in total. The van der Waals surface area contributed by atoms with Crippen LogP contribution in [0.15, 0.2) is 4.42 Å². The Morgan fingerprint density at radius 1 is 1.07 bits per heavy atom. The van der Waals surface area contributed by atoms with Gasteiger partial charge in [-0.05, 0) is 45.1 Å². The second-order valence-corrected chi connectivity index (χ2v) is 9.60. The van der Waals surface area contributed by atoms with Gasteiger partial charge in [0.05, 0.1) is 6.04 Å². The minimum absolute atomic E-state index is 0.174. The van der Waals surface area contributed by atoms with Crippen molar-refractivity contribution >= 4 is 5.91 Å². The zero-order valence-electron chi connectivity index (χ0n) is 16.9. The van der Waals surface area contributed by atoms with Crippen molar-refractivity contribution in [1.29, 1.82) is 0 Å². The maximum Gasteiger partial charge on any atom is 0.233 e. The SMILES string of the molecule is CN1CC2(CC1c1nnc(C3CCOCC3)o1)CN(C(=O)CC1CCCC1)C2. The van der Waals surface area contributed by atoms with Crippen molar-refractivity contribution in [2.75, 3.05) is 39.9 Å². The number of nitrogens with zero attached hydrogens (tertiary/aromatic N) is 4. The lowest BCUT2D eigenvalue weighted by Crippen LogP contribution is -2.59. The predicted octanol–water partition coefficient (Wildman–Crippen LogP) is 2.75. The minimum Gasteiger partial charge on any atom is -0.423 e. The summed E-state index contributed by atoms with van der Waals surface area (Å²) in [6.45, 7) is 4.33. The Bertz CT molecular complexity index is 702. The molecule has 0 N–H and O–H groups in total. The zero-order chi connectivity index (χ0) is 19.1. The van der Waals surface area contributed by atoms with Crippen LogP contribution in [0.4, 0.5) is 0 Å². The number of amides is 1. The highest BCUT2D eigenvalue weighted by molar-refractivity contribution is 5.77. The summed E-state index contributed by atoms with van der Waals surface area (Å²) in [5, 5.41) is 8.74. The van der Waals surface area contributed by atoms with Crippen molar-refractivity contribution in [3.05, 3.63) is 11.8 Å². The molecule has 28 heavy (non-hydrogen) atoms.